The molecule has 5 rings (SSSR count). The Morgan fingerprint density at radius 3 is 1.58 bits per heavy atom. The number of fused-ring (bicyclic) bond motifs is 2. The summed E-state index contributed by atoms with van der Waals surface area (Å²) in [4.78, 5) is 114. The monoisotopic (exact) mass is 816 g/mol. The summed E-state index contributed by atoms with van der Waals surface area (Å²) in [5, 5.41) is 24.3. The Morgan fingerprint density at radius 1 is 0.644 bits per heavy atom. The van der Waals surface area contributed by atoms with Gasteiger partial charge in [-0.25, -0.2) is 0 Å². The Labute approximate surface area is 343 Å². The SMILES string of the molecule is CCC(C)C1NC(=O)C(C(C)O)NC(=O)C(Cc2ccccc2)NC(=O)C2CCCN2C(=O)C(CC(N)=O)NC(=O)C2CCCN2C(=O)C(Cc2ccccc2)NC1=O. The summed E-state index contributed by atoms with van der Waals surface area (Å²) in [6, 6.07) is 8.79. The third kappa shape index (κ3) is 11.2. The number of aliphatic hydroxyl groups excluding tert-OH is 1. The molecule has 59 heavy (non-hydrogen) atoms. The van der Waals surface area contributed by atoms with Crippen LogP contribution in [0.4, 0.5) is 0 Å². The normalized spacial score (nSPS) is 27.5. The number of nitrogens with one attached hydrogen (secondary N) is 5. The minimum absolute atomic E-state index is 0.0276. The highest BCUT2D eigenvalue weighted by Gasteiger charge is 2.44. The van der Waals surface area contributed by atoms with E-state index in [0.717, 1.165) is 0 Å². The summed E-state index contributed by atoms with van der Waals surface area (Å²) < 4.78 is 0. The molecule has 0 saturated carbocycles. The van der Waals surface area contributed by atoms with Crippen LogP contribution in [0.15, 0.2) is 60.7 Å². The predicted octanol–water partition coefficient (Wildman–Crippen LogP) is -0.806. The molecule has 9 atom stereocenters. The third-order valence-electron chi connectivity index (χ3n) is 11.4. The van der Waals surface area contributed by atoms with Crippen LogP contribution in [-0.2, 0) is 51.2 Å². The standard InChI is InChI=1S/C42H56N8O9/c1-4-24(2)34-39(56)46-29(22-27-15-9-6-10-16-27)41(58)49-19-12-18-32(49)38(55)45-30(23-33(43)52)42(59)50-20-11-17-31(50)37(54)44-28(21-26-13-7-5-8-14-26)36(53)48-35(25(3)51)40(57)47-34/h5-10,13-16,24-25,28-32,34-35,51H,4,11-12,17-23H2,1-3H3,(H2,43,52)(H,44,54)(H,45,55)(H,46,56)(H,47,57)(H,48,53). The molecule has 17 heteroatoms. The molecule has 0 aliphatic carbocycles. The molecule has 3 aliphatic rings. The second kappa shape index (κ2) is 20.2. The Kier molecular flexibility index (Phi) is 15.2. The number of nitrogens with two attached hydrogens (primary N) is 1. The maximum atomic E-state index is 14.5. The molecule has 2 aromatic carbocycles. The van der Waals surface area contributed by atoms with Gasteiger partial charge in [-0.3, -0.25) is 38.4 Å². The van der Waals surface area contributed by atoms with Crippen LogP contribution in [0, 0.1) is 5.92 Å². The van der Waals surface area contributed by atoms with Crippen molar-refractivity contribution in [3.8, 4) is 0 Å². The molecular formula is C42H56N8O9. The molecule has 8 amide bonds. The summed E-state index contributed by atoms with van der Waals surface area (Å²) >= 11 is 0. The lowest BCUT2D eigenvalue weighted by atomic mass is 9.96. The van der Waals surface area contributed by atoms with Gasteiger partial charge in [0.25, 0.3) is 0 Å². The fourth-order valence-electron chi connectivity index (χ4n) is 7.92. The van der Waals surface area contributed by atoms with Crippen LogP contribution in [0.3, 0.4) is 0 Å². The number of amides is 8. The molecule has 8 N–H and O–H groups in total. The lowest BCUT2D eigenvalue weighted by Gasteiger charge is -2.32. The minimum Gasteiger partial charge on any atom is -0.391 e. The van der Waals surface area contributed by atoms with Gasteiger partial charge < -0.3 is 47.2 Å². The van der Waals surface area contributed by atoms with E-state index >= 15 is 0 Å². The number of benzene rings is 2. The van der Waals surface area contributed by atoms with Gasteiger partial charge in [0.1, 0.15) is 42.3 Å². The van der Waals surface area contributed by atoms with Crippen LogP contribution in [0.1, 0.15) is 70.4 Å². The van der Waals surface area contributed by atoms with Crippen molar-refractivity contribution >= 4 is 47.3 Å². The minimum atomic E-state index is -1.57. The van der Waals surface area contributed by atoms with Crippen molar-refractivity contribution in [2.45, 2.75) is 121 Å². The maximum Gasteiger partial charge on any atom is 0.246 e. The Hall–Kier alpha value is -5.84. The van der Waals surface area contributed by atoms with E-state index in [2.05, 4.69) is 26.6 Å². The molecule has 318 valence electrons. The third-order valence-corrected chi connectivity index (χ3v) is 11.4. The average molecular weight is 817 g/mol. The number of hydrogen-bond donors (Lipinski definition) is 7. The van der Waals surface area contributed by atoms with Crippen molar-refractivity contribution in [2.75, 3.05) is 13.1 Å². The van der Waals surface area contributed by atoms with Gasteiger partial charge in [0.05, 0.1) is 12.5 Å². The quantitative estimate of drug-likeness (QED) is 0.167. The average Bonchev–Trinajstić information content (AvgIpc) is 3.92. The molecule has 0 bridgehead atoms. The number of nitrogens with zero attached hydrogens (tertiary/aromatic N) is 2. The van der Waals surface area contributed by atoms with Gasteiger partial charge in [-0.2, -0.15) is 0 Å². The van der Waals surface area contributed by atoms with Crippen LogP contribution in [0.25, 0.3) is 0 Å². The van der Waals surface area contributed by atoms with Crippen molar-refractivity contribution in [3.05, 3.63) is 71.8 Å². The predicted molar refractivity (Wildman–Crippen MR) is 214 cm³/mol. The maximum absolute atomic E-state index is 14.5. The fraction of sp³-hybridized carbons (Fsp3) is 0.524. The molecule has 0 spiro atoms. The highest BCUT2D eigenvalue weighted by atomic mass is 16.3. The van der Waals surface area contributed by atoms with Gasteiger partial charge in [-0.1, -0.05) is 80.9 Å². The van der Waals surface area contributed by atoms with Crippen LogP contribution >= 0.6 is 0 Å². The first-order chi connectivity index (χ1) is 28.2. The van der Waals surface area contributed by atoms with Gasteiger partial charge in [0, 0.05) is 25.9 Å². The Morgan fingerprint density at radius 2 is 1.08 bits per heavy atom. The summed E-state index contributed by atoms with van der Waals surface area (Å²) in [7, 11) is 0. The highest BCUT2D eigenvalue weighted by molar-refractivity contribution is 6.00. The van der Waals surface area contributed by atoms with E-state index in [1.54, 1.807) is 67.6 Å². The van der Waals surface area contributed by atoms with E-state index < -0.39 is 108 Å². The lowest BCUT2D eigenvalue weighted by molar-refractivity contribution is -0.145. The summed E-state index contributed by atoms with van der Waals surface area (Å²) in [5.74, 6) is -6.48. The smallest absolute Gasteiger partial charge is 0.246 e. The van der Waals surface area contributed by atoms with Crippen molar-refractivity contribution < 1.29 is 43.5 Å². The second-order valence-corrected chi connectivity index (χ2v) is 15.7. The molecule has 3 heterocycles. The van der Waals surface area contributed by atoms with Crippen LogP contribution in [0.2, 0.25) is 0 Å². The lowest BCUT2D eigenvalue weighted by Crippen LogP contribution is -2.62. The molecule has 2 aromatic rings. The first kappa shape index (κ1) is 44.3. The highest BCUT2D eigenvalue weighted by Crippen LogP contribution is 2.23. The van der Waals surface area contributed by atoms with E-state index in [0.29, 0.717) is 30.4 Å². The van der Waals surface area contributed by atoms with Gasteiger partial charge in [-0.15, -0.1) is 0 Å². The molecule has 17 nitrogen and oxygen atoms in total. The molecule has 3 saturated heterocycles. The molecule has 0 radical (unpaired) electrons. The molecular weight excluding hydrogens is 761 g/mol. The fourth-order valence-corrected chi connectivity index (χ4v) is 7.92. The Balaban J connectivity index is 1.57. The Bertz CT molecular complexity index is 1860. The van der Waals surface area contributed by atoms with E-state index in [1.165, 1.54) is 16.7 Å². The molecule has 0 aromatic heterocycles. The number of carbonyl (C=O) groups is 8. The van der Waals surface area contributed by atoms with Crippen molar-refractivity contribution in [1.82, 2.24) is 36.4 Å². The zero-order valence-corrected chi connectivity index (χ0v) is 33.7. The van der Waals surface area contributed by atoms with Crippen LogP contribution in [0.5, 0.6) is 0 Å². The summed E-state index contributed by atoms with van der Waals surface area (Å²) in [6.45, 7) is 5.12. The molecule has 3 aliphatic heterocycles. The zero-order valence-electron chi connectivity index (χ0n) is 33.7. The van der Waals surface area contributed by atoms with Gasteiger partial charge in [0.2, 0.25) is 47.3 Å². The van der Waals surface area contributed by atoms with Crippen molar-refractivity contribution in [3.63, 3.8) is 0 Å². The largest absolute Gasteiger partial charge is 0.391 e. The van der Waals surface area contributed by atoms with Gasteiger partial charge in [0.15, 0.2) is 0 Å². The number of rotatable bonds is 9. The van der Waals surface area contributed by atoms with Crippen molar-refractivity contribution in [2.24, 2.45) is 11.7 Å². The zero-order chi connectivity index (χ0) is 42.8. The number of primary amides is 1. The number of hydrogen-bond acceptors (Lipinski definition) is 9. The van der Waals surface area contributed by atoms with Crippen LogP contribution in [-0.4, -0.2) is 124 Å². The van der Waals surface area contributed by atoms with E-state index in [-0.39, 0.29) is 38.8 Å². The first-order valence-electron chi connectivity index (χ1n) is 20.4. The molecule has 9 unspecified atom stereocenters. The van der Waals surface area contributed by atoms with Crippen LogP contribution < -0.4 is 32.3 Å². The van der Waals surface area contributed by atoms with E-state index in [1.807, 2.05) is 6.92 Å². The number of carbonyl (C=O) groups excluding carboxylic acids is 8. The summed E-state index contributed by atoms with van der Waals surface area (Å²) in [6.07, 6.45) is -0.342. The van der Waals surface area contributed by atoms with Crippen molar-refractivity contribution in [1.29, 1.82) is 0 Å². The van der Waals surface area contributed by atoms with E-state index in [4.69, 9.17) is 5.73 Å². The molecule has 3 fully saturated rings. The number of aliphatic hydroxyl groups is 1. The van der Waals surface area contributed by atoms with Gasteiger partial charge >= 0.3 is 0 Å². The van der Waals surface area contributed by atoms with E-state index in [9.17, 15) is 43.5 Å². The van der Waals surface area contributed by atoms with Gasteiger partial charge in [-0.05, 0) is 49.7 Å². The topological polar surface area (TPSA) is 249 Å². The summed E-state index contributed by atoms with van der Waals surface area (Å²) in [5.41, 5.74) is 6.92. The first-order valence-corrected chi connectivity index (χ1v) is 20.4. The second-order valence-electron chi connectivity index (χ2n) is 15.7.